The molecule has 0 aromatic carbocycles. The molecule has 0 rings (SSSR count). The fraction of sp³-hybridized carbons (Fsp3) is 0.750. The van der Waals surface area contributed by atoms with E-state index in [1.54, 1.807) is 0 Å². The van der Waals surface area contributed by atoms with E-state index in [9.17, 15) is 9.59 Å². The summed E-state index contributed by atoms with van der Waals surface area (Å²) in [5, 5.41) is 0. The second-order valence-corrected chi connectivity index (χ2v) is 2.78. The van der Waals surface area contributed by atoms with Gasteiger partial charge in [0.05, 0.1) is 12.1 Å². The van der Waals surface area contributed by atoms with Gasteiger partial charge in [0.1, 0.15) is 0 Å². The van der Waals surface area contributed by atoms with E-state index in [0.29, 0.717) is 13.0 Å². The van der Waals surface area contributed by atoms with Crippen molar-refractivity contribution in [2.24, 2.45) is 9.98 Å². The largest absolute Gasteiger partial charge is 0.235 e. The lowest BCUT2D eigenvalue weighted by molar-refractivity contribution is 0.422. The van der Waals surface area contributed by atoms with E-state index in [1.807, 2.05) is 13.8 Å². The molecule has 4 nitrogen and oxygen atoms in total. The molecule has 0 saturated carbocycles. The Morgan fingerprint density at radius 2 is 2.00 bits per heavy atom. The number of nitrogens with zero attached hydrogens (tertiary/aromatic N) is 2. The third-order valence-corrected chi connectivity index (χ3v) is 1.90. The van der Waals surface area contributed by atoms with Crippen molar-refractivity contribution in [3.05, 3.63) is 0 Å². The molecule has 0 amide bonds. The molecule has 1 unspecified atom stereocenters. The van der Waals surface area contributed by atoms with Gasteiger partial charge in [0.15, 0.2) is 0 Å². The molecule has 0 aliphatic carbocycles. The summed E-state index contributed by atoms with van der Waals surface area (Å²) in [6.07, 6.45) is 4.27. The van der Waals surface area contributed by atoms with Gasteiger partial charge in [0, 0.05) is 0 Å². The lowest BCUT2D eigenvalue weighted by Crippen LogP contribution is -2.21. The van der Waals surface area contributed by atoms with Crippen LogP contribution in [0.25, 0.3) is 0 Å². The molecule has 66 valence electrons. The minimum atomic E-state index is -0.428. The molecule has 4 heteroatoms. The monoisotopic (exact) mass is 168 g/mol. The summed E-state index contributed by atoms with van der Waals surface area (Å²) in [7, 11) is 0. The van der Waals surface area contributed by atoms with Crippen LogP contribution in [0, 0.1) is 0 Å². The Balaban J connectivity index is 4.13. The fourth-order valence-corrected chi connectivity index (χ4v) is 0.764. The third-order valence-electron chi connectivity index (χ3n) is 1.90. The quantitative estimate of drug-likeness (QED) is 0.457. The van der Waals surface area contributed by atoms with Gasteiger partial charge in [-0.15, -0.1) is 0 Å². The zero-order chi connectivity index (χ0) is 9.45. The summed E-state index contributed by atoms with van der Waals surface area (Å²) >= 11 is 0. The molecule has 0 bridgehead atoms. The van der Waals surface area contributed by atoms with Gasteiger partial charge in [-0.05, 0) is 19.8 Å². The number of rotatable bonds is 5. The van der Waals surface area contributed by atoms with Crippen LogP contribution in [0.3, 0.4) is 0 Å². The van der Waals surface area contributed by atoms with Crippen LogP contribution in [-0.4, -0.2) is 24.2 Å². The minimum absolute atomic E-state index is 0.360. The molecule has 0 heterocycles. The van der Waals surface area contributed by atoms with Gasteiger partial charge in [0.2, 0.25) is 12.2 Å². The van der Waals surface area contributed by atoms with Gasteiger partial charge < -0.3 is 0 Å². The first kappa shape index (κ1) is 10.8. The first-order valence-corrected chi connectivity index (χ1v) is 3.81. The van der Waals surface area contributed by atoms with Crippen molar-refractivity contribution in [1.82, 2.24) is 0 Å². The molecule has 0 aliphatic heterocycles. The van der Waals surface area contributed by atoms with Crippen LogP contribution in [0.15, 0.2) is 9.98 Å². The lowest BCUT2D eigenvalue weighted by Gasteiger charge is -2.19. The van der Waals surface area contributed by atoms with Crippen LogP contribution < -0.4 is 0 Å². The summed E-state index contributed by atoms with van der Waals surface area (Å²) in [6.45, 7) is 4.11. The molecule has 1 atom stereocenters. The molecule has 0 aromatic heterocycles. The van der Waals surface area contributed by atoms with Gasteiger partial charge in [-0.1, -0.05) is 6.92 Å². The van der Waals surface area contributed by atoms with Gasteiger partial charge in [-0.25, -0.2) is 14.6 Å². The predicted molar refractivity (Wildman–Crippen MR) is 44.4 cm³/mol. The van der Waals surface area contributed by atoms with E-state index in [2.05, 4.69) is 9.98 Å². The minimum Gasteiger partial charge on any atom is -0.211 e. The third kappa shape index (κ3) is 3.81. The SMILES string of the molecule is CCC(C)(CCN=C=O)N=C=O. The molecule has 0 aromatic rings. The molecule has 0 N–H and O–H groups in total. The first-order chi connectivity index (χ1) is 5.68. The summed E-state index contributed by atoms with van der Waals surface area (Å²) in [5.74, 6) is 0. The number of isocyanates is 2. The maximum atomic E-state index is 10.0. The number of aliphatic imine (C=N–C) groups is 2. The molecule has 12 heavy (non-hydrogen) atoms. The van der Waals surface area contributed by atoms with Crippen LogP contribution >= 0.6 is 0 Å². The number of hydrogen-bond donors (Lipinski definition) is 0. The molecular weight excluding hydrogens is 156 g/mol. The maximum absolute atomic E-state index is 10.0. The average Bonchev–Trinajstić information content (AvgIpc) is 2.06. The second-order valence-electron chi connectivity index (χ2n) is 2.78. The smallest absolute Gasteiger partial charge is 0.211 e. The maximum Gasteiger partial charge on any atom is 0.235 e. The Morgan fingerprint density at radius 1 is 1.33 bits per heavy atom. The summed E-state index contributed by atoms with van der Waals surface area (Å²) in [4.78, 5) is 26.8. The molecular formula is C8H12N2O2. The van der Waals surface area contributed by atoms with E-state index in [1.165, 1.54) is 12.2 Å². The zero-order valence-electron chi connectivity index (χ0n) is 7.33. The highest BCUT2D eigenvalue weighted by Crippen LogP contribution is 2.18. The van der Waals surface area contributed by atoms with Crippen LogP contribution in [0.4, 0.5) is 0 Å². The molecule has 0 spiro atoms. The summed E-state index contributed by atoms with van der Waals surface area (Å²) in [6, 6.07) is 0. The average molecular weight is 168 g/mol. The van der Waals surface area contributed by atoms with Crippen molar-refractivity contribution in [3.8, 4) is 0 Å². The molecule has 0 aliphatic rings. The van der Waals surface area contributed by atoms with E-state index in [4.69, 9.17) is 0 Å². The highest BCUT2D eigenvalue weighted by Gasteiger charge is 2.19. The van der Waals surface area contributed by atoms with E-state index < -0.39 is 5.54 Å². The van der Waals surface area contributed by atoms with Crippen molar-refractivity contribution in [2.45, 2.75) is 32.2 Å². The van der Waals surface area contributed by atoms with Crippen LogP contribution in [0.5, 0.6) is 0 Å². The molecule has 0 saturated heterocycles. The van der Waals surface area contributed by atoms with Crippen LogP contribution in [0.1, 0.15) is 26.7 Å². The summed E-state index contributed by atoms with van der Waals surface area (Å²) in [5.41, 5.74) is -0.428. The van der Waals surface area contributed by atoms with Crippen molar-refractivity contribution < 1.29 is 9.59 Å². The van der Waals surface area contributed by atoms with E-state index in [-0.39, 0.29) is 0 Å². The first-order valence-electron chi connectivity index (χ1n) is 3.81. The van der Waals surface area contributed by atoms with E-state index in [0.717, 1.165) is 6.42 Å². The lowest BCUT2D eigenvalue weighted by atomic mass is 9.96. The van der Waals surface area contributed by atoms with Gasteiger partial charge >= 0.3 is 0 Å². The standard InChI is InChI=1S/C8H12N2O2/c1-3-8(2,10-7-12)4-5-9-6-11/h3-5H2,1-2H3. The van der Waals surface area contributed by atoms with E-state index >= 15 is 0 Å². The van der Waals surface area contributed by atoms with Crippen molar-refractivity contribution >= 4 is 12.2 Å². The van der Waals surface area contributed by atoms with Gasteiger partial charge in [-0.3, -0.25) is 0 Å². The van der Waals surface area contributed by atoms with Crippen molar-refractivity contribution in [2.75, 3.05) is 6.54 Å². The molecule has 0 radical (unpaired) electrons. The Labute approximate surface area is 71.4 Å². The Bertz CT molecular complexity index is 227. The fourth-order valence-electron chi connectivity index (χ4n) is 0.764. The van der Waals surface area contributed by atoms with Crippen LogP contribution in [-0.2, 0) is 9.59 Å². The van der Waals surface area contributed by atoms with Gasteiger partial charge in [0.25, 0.3) is 0 Å². The second kappa shape index (κ2) is 5.42. The van der Waals surface area contributed by atoms with Gasteiger partial charge in [-0.2, -0.15) is 4.99 Å². The Hall–Kier alpha value is -1.24. The normalized spacial score (nSPS) is 13.8. The zero-order valence-corrected chi connectivity index (χ0v) is 7.33. The Morgan fingerprint density at radius 3 is 2.42 bits per heavy atom. The Kier molecular flexibility index (Phi) is 4.86. The van der Waals surface area contributed by atoms with Crippen LogP contribution in [0.2, 0.25) is 0 Å². The van der Waals surface area contributed by atoms with Crippen molar-refractivity contribution in [1.29, 1.82) is 0 Å². The highest BCUT2D eigenvalue weighted by molar-refractivity contribution is 5.35. The molecule has 0 fully saturated rings. The predicted octanol–water partition coefficient (Wildman–Crippen LogP) is 1.22. The number of hydrogen-bond acceptors (Lipinski definition) is 4. The topological polar surface area (TPSA) is 58.9 Å². The highest BCUT2D eigenvalue weighted by atomic mass is 16.1. The summed E-state index contributed by atoms with van der Waals surface area (Å²) < 4.78 is 0. The van der Waals surface area contributed by atoms with Crippen molar-refractivity contribution in [3.63, 3.8) is 0 Å². The number of carbonyl (C=O) groups excluding carboxylic acids is 2.